The van der Waals surface area contributed by atoms with Crippen LogP contribution in [-0.2, 0) is 0 Å². The average Bonchev–Trinajstić information content (AvgIpc) is 3.09. The van der Waals surface area contributed by atoms with Crippen LogP contribution in [0.2, 0.25) is 0 Å². The van der Waals surface area contributed by atoms with Crippen molar-refractivity contribution in [2.75, 3.05) is 10.6 Å². The number of benzene rings is 2. The molecule has 0 saturated heterocycles. The highest BCUT2D eigenvalue weighted by Gasteiger charge is 2.09. The van der Waals surface area contributed by atoms with Crippen molar-refractivity contribution < 1.29 is 9.59 Å². The van der Waals surface area contributed by atoms with Gasteiger partial charge in [0.05, 0.1) is 0 Å². The lowest BCUT2D eigenvalue weighted by atomic mass is 10.1. The first-order chi connectivity index (χ1) is 11.6. The van der Waals surface area contributed by atoms with Crippen LogP contribution in [0.15, 0.2) is 60.1 Å². The van der Waals surface area contributed by atoms with Crippen LogP contribution in [0, 0.1) is 0 Å². The van der Waals surface area contributed by atoms with Gasteiger partial charge in [0.1, 0.15) is 5.01 Å². The Morgan fingerprint density at radius 3 is 2.46 bits per heavy atom. The maximum Gasteiger partial charge on any atom is 0.316 e. The van der Waals surface area contributed by atoms with E-state index in [0.29, 0.717) is 16.9 Å². The molecule has 3 aromatic rings. The number of nitrogens with one attached hydrogen (secondary N) is 2. The standard InChI is InChI=1S/C17H14N4O2S/c18-17(23)21-14-6-1-3-11(9-14)15(22)20-13-5-2-4-12(10-13)16-19-7-8-24-16/h1-10H,(H,20,22)(H3,18,21,23). The summed E-state index contributed by atoms with van der Waals surface area (Å²) >= 11 is 1.53. The number of rotatable bonds is 4. The second-order valence-electron chi connectivity index (χ2n) is 4.94. The van der Waals surface area contributed by atoms with Crippen molar-refractivity contribution in [1.82, 2.24) is 4.98 Å². The topological polar surface area (TPSA) is 97.1 Å². The van der Waals surface area contributed by atoms with E-state index in [4.69, 9.17) is 5.73 Å². The second kappa shape index (κ2) is 6.93. The van der Waals surface area contributed by atoms with Crippen LogP contribution in [-0.4, -0.2) is 16.9 Å². The van der Waals surface area contributed by atoms with Crippen molar-refractivity contribution in [3.05, 3.63) is 65.7 Å². The Labute approximate surface area is 142 Å². The molecule has 7 heteroatoms. The molecule has 0 aliphatic carbocycles. The average molecular weight is 338 g/mol. The number of nitrogens with two attached hydrogens (primary N) is 1. The van der Waals surface area contributed by atoms with Gasteiger partial charge in [-0.25, -0.2) is 9.78 Å². The van der Waals surface area contributed by atoms with Crippen LogP contribution in [0.25, 0.3) is 10.6 Å². The number of amides is 3. The van der Waals surface area contributed by atoms with E-state index in [1.165, 1.54) is 11.3 Å². The number of aromatic nitrogens is 1. The lowest BCUT2D eigenvalue weighted by Crippen LogP contribution is -2.19. The summed E-state index contributed by atoms with van der Waals surface area (Å²) in [6.45, 7) is 0. The molecule has 0 aliphatic heterocycles. The lowest BCUT2D eigenvalue weighted by molar-refractivity contribution is 0.102. The number of urea groups is 1. The highest BCUT2D eigenvalue weighted by molar-refractivity contribution is 7.13. The van der Waals surface area contributed by atoms with Gasteiger partial charge in [0.15, 0.2) is 0 Å². The first kappa shape index (κ1) is 15.7. The van der Waals surface area contributed by atoms with Gasteiger partial charge in [0, 0.05) is 34.1 Å². The molecule has 3 rings (SSSR count). The Morgan fingerprint density at radius 2 is 1.75 bits per heavy atom. The smallest absolute Gasteiger partial charge is 0.316 e. The lowest BCUT2D eigenvalue weighted by Gasteiger charge is -2.08. The number of carbonyl (C=O) groups excluding carboxylic acids is 2. The number of anilines is 2. The molecule has 0 fully saturated rings. The van der Waals surface area contributed by atoms with E-state index in [1.807, 2.05) is 23.6 Å². The van der Waals surface area contributed by atoms with E-state index in [-0.39, 0.29) is 5.91 Å². The number of thiazole rings is 1. The zero-order valence-corrected chi connectivity index (χ0v) is 13.3. The number of nitrogens with zero attached hydrogens (tertiary/aromatic N) is 1. The number of hydrogen-bond donors (Lipinski definition) is 3. The SMILES string of the molecule is NC(=O)Nc1cccc(C(=O)Nc2cccc(-c3nccs3)c2)c1. The van der Waals surface area contributed by atoms with Gasteiger partial charge >= 0.3 is 6.03 Å². The van der Waals surface area contributed by atoms with Crippen LogP contribution in [0.4, 0.5) is 16.2 Å². The molecule has 0 saturated carbocycles. The minimum Gasteiger partial charge on any atom is -0.351 e. The fourth-order valence-electron chi connectivity index (χ4n) is 2.18. The zero-order valence-electron chi connectivity index (χ0n) is 12.5. The van der Waals surface area contributed by atoms with Gasteiger partial charge in [0.25, 0.3) is 5.91 Å². The van der Waals surface area contributed by atoms with E-state index in [2.05, 4.69) is 15.6 Å². The third kappa shape index (κ3) is 3.76. The summed E-state index contributed by atoms with van der Waals surface area (Å²) in [5, 5.41) is 8.07. The van der Waals surface area contributed by atoms with E-state index >= 15 is 0 Å². The molecule has 120 valence electrons. The molecule has 2 aromatic carbocycles. The molecule has 0 atom stereocenters. The Kier molecular flexibility index (Phi) is 4.53. The first-order valence-electron chi connectivity index (χ1n) is 7.09. The van der Waals surface area contributed by atoms with Gasteiger partial charge < -0.3 is 16.4 Å². The summed E-state index contributed by atoms with van der Waals surface area (Å²) in [7, 11) is 0. The molecule has 0 bridgehead atoms. The maximum atomic E-state index is 12.4. The van der Waals surface area contributed by atoms with Crippen molar-refractivity contribution >= 4 is 34.6 Å². The molecule has 0 aliphatic rings. The molecule has 1 heterocycles. The van der Waals surface area contributed by atoms with E-state index in [1.54, 1.807) is 36.5 Å². The quantitative estimate of drug-likeness (QED) is 0.678. The minimum absolute atomic E-state index is 0.278. The van der Waals surface area contributed by atoms with Gasteiger partial charge in [-0.2, -0.15) is 0 Å². The molecule has 0 radical (unpaired) electrons. The van der Waals surface area contributed by atoms with Gasteiger partial charge in [0.2, 0.25) is 0 Å². The van der Waals surface area contributed by atoms with Crippen molar-refractivity contribution in [2.24, 2.45) is 5.73 Å². The molecule has 24 heavy (non-hydrogen) atoms. The Morgan fingerprint density at radius 1 is 1.00 bits per heavy atom. The van der Waals surface area contributed by atoms with Gasteiger partial charge in [-0.3, -0.25) is 4.79 Å². The van der Waals surface area contributed by atoms with Crippen molar-refractivity contribution in [3.63, 3.8) is 0 Å². The van der Waals surface area contributed by atoms with Crippen molar-refractivity contribution in [1.29, 1.82) is 0 Å². The van der Waals surface area contributed by atoms with Crippen LogP contribution < -0.4 is 16.4 Å². The summed E-state index contributed by atoms with van der Waals surface area (Å²) in [5.41, 5.74) is 7.57. The molecule has 6 nitrogen and oxygen atoms in total. The number of primary amides is 1. The van der Waals surface area contributed by atoms with Crippen molar-refractivity contribution in [3.8, 4) is 10.6 Å². The normalized spacial score (nSPS) is 10.2. The van der Waals surface area contributed by atoms with E-state index in [9.17, 15) is 9.59 Å². The monoisotopic (exact) mass is 338 g/mol. The van der Waals surface area contributed by atoms with Crippen LogP contribution >= 0.6 is 11.3 Å². The first-order valence-corrected chi connectivity index (χ1v) is 7.97. The Balaban J connectivity index is 1.78. The summed E-state index contributed by atoms with van der Waals surface area (Å²) in [5.74, 6) is -0.278. The zero-order chi connectivity index (χ0) is 16.9. The van der Waals surface area contributed by atoms with Crippen molar-refractivity contribution in [2.45, 2.75) is 0 Å². The summed E-state index contributed by atoms with van der Waals surface area (Å²) < 4.78 is 0. The largest absolute Gasteiger partial charge is 0.351 e. The second-order valence-corrected chi connectivity index (χ2v) is 5.84. The van der Waals surface area contributed by atoms with Gasteiger partial charge in [-0.05, 0) is 30.3 Å². The third-order valence-electron chi connectivity index (χ3n) is 3.19. The molecule has 0 spiro atoms. The molecule has 3 amide bonds. The Hall–Kier alpha value is -3.19. The van der Waals surface area contributed by atoms with E-state index < -0.39 is 6.03 Å². The Bertz CT molecular complexity index is 878. The highest BCUT2D eigenvalue weighted by atomic mass is 32.1. The fourth-order valence-corrected chi connectivity index (χ4v) is 2.82. The molecule has 1 aromatic heterocycles. The minimum atomic E-state index is -0.677. The fraction of sp³-hybridized carbons (Fsp3) is 0. The maximum absolute atomic E-state index is 12.4. The summed E-state index contributed by atoms with van der Waals surface area (Å²) in [6.07, 6.45) is 1.74. The molecule has 4 N–H and O–H groups in total. The molecule has 0 unspecified atom stereocenters. The van der Waals surface area contributed by atoms with E-state index in [0.717, 1.165) is 10.6 Å². The summed E-state index contributed by atoms with van der Waals surface area (Å²) in [4.78, 5) is 27.5. The molecular weight excluding hydrogens is 324 g/mol. The van der Waals surface area contributed by atoms with Crippen LogP contribution in [0.1, 0.15) is 10.4 Å². The number of carbonyl (C=O) groups is 2. The van der Waals surface area contributed by atoms with Gasteiger partial charge in [-0.15, -0.1) is 11.3 Å². The van der Waals surface area contributed by atoms with Crippen LogP contribution in [0.3, 0.4) is 0 Å². The summed E-state index contributed by atoms with van der Waals surface area (Å²) in [6, 6.07) is 13.3. The molecular formula is C17H14N4O2S. The predicted octanol–water partition coefficient (Wildman–Crippen LogP) is 3.55. The van der Waals surface area contributed by atoms with Gasteiger partial charge in [-0.1, -0.05) is 18.2 Å². The highest BCUT2D eigenvalue weighted by Crippen LogP contribution is 2.24. The number of hydrogen-bond acceptors (Lipinski definition) is 4. The third-order valence-corrected chi connectivity index (χ3v) is 4.01. The predicted molar refractivity (Wildman–Crippen MR) is 95.2 cm³/mol. The van der Waals surface area contributed by atoms with Crippen LogP contribution in [0.5, 0.6) is 0 Å².